The van der Waals surface area contributed by atoms with E-state index in [1.54, 1.807) is 23.3 Å². The molecule has 0 bridgehead atoms. The van der Waals surface area contributed by atoms with Crippen LogP contribution in [0.25, 0.3) is 0 Å². The second kappa shape index (κ2) is 8.53. The van der Waals surface area contributed by atoms with E-state index >= 15 is 0 Å². The maximum atomic E-state index is 12.6. The van der Waals surface area contributed by atoms with Gasteiger partial charge in [-0.1, -0.05) is 26.8 Å². The van der Waals surface area contributed by atoms with Crippen molar-refractivity contribution >= 4 is 28.8 Å². The number of ether oxygens (including phenoxy) is 1. The van der Waals surface area contributed by atoms with E-state index in [0.717, 1.165) is 22.0 Å². The molecule has 2 heterocycles. The molecule has 1 aliphatic heterocycles. The Bertz CT molecular complexity index is 901. The third-order valence-corrected chi connectivity index (χ3v) is 5.99. The number of nitrogens with zero attached hydrogens (tertiary/aromatic N) is 2. The van der Waals surface area contributed by atoms with E-state index in [-0.39, 0.29) is 29.6 Å². The molecule has 0 saturated carbocycles. The number of aromatic nitrogens is 1. The van der Waals surface area contributed by atoms with Crippen molar-refractivity contribution in [2.75, 3.05) is 25.1 Å². The molecule has 29 heavy (non-hydrogen) atoms. The first kappa shape index (κ1) is 21.3. The Morgan fingerprint density at radius 1 is 1.38 bits per heavy atom. The zero-order chi connectivity index (χ0) is 21.2. The number of benzene rings is 1. The van der Waals surface area contributed by atoms with Gasteiger partial charge >= 0.3 is 0 Å². The summed E-state index contributed by atoms with van der Waals surface area (Å²) in [7, 11) is 1.59. The number of hydrogen-bond acceptors (Lipinski definition) is 5. The van der Waals surface area contributed by atoms with Crippen LogP contribution in [0.5, 0.6) is 5.75 Å². The fourth-order valence-electron chi connectivity index (χ4n) is 3.33. The number of nitrogens with one attached hydrogen (secondary N) is 1. The molecule has 1 unspecified atom stereocenters. The minimum Gasteiger partial charge on any atom is -0.495 e. The van der Waals surface area contributed by atoms with Gasteiger partial charge in [-0.2, -0.15) is 0 Å². The molecule has 0 aliphatic carbocycles. The fourth-order valence-corrected chi connectivity index (χ4v) is 4.36. The Balaban J connectivity index is 1.57. The molecule has 6 nitrogen and oxygen atoms in total. The summed E-state index contributed by atoms with van der Waals surface area (Å²) in [5.74, 6) is 0.154. The largest absolute Gasteiger partial charge is 0.495 e. The summed E-state index contributed by atoms with van der Waals surface area (Å²) >= 11 is 1.63. The van der Waals surface area contributed by atoms with Gasteiger partial charge < -0.3 is 15.0 Å². The van der Waals surface area contributed by atoms with Gasteiger partial charge in [-0.25, -0.2) is 4.98 Å². The maximum absolute atomic E-state index is 12.6. The van der Waals surface area contributed by atoms with Gasteiger partial charge in [0.15, 0.2) is 0 Å². The monoisotopic (exact) mass is 415 g/mol. The summed E-state index contributed by atoms with van der Waals surface area (Å²) in [5, 5.41) is 6.07. The van der Waals surface area contributed by atoms with Crippen LogP contribution in [0.2, 0.25) is 0 Å². The van der Waals surface area contributed by atoms with Gasteiger partial charge in [0, 0.05) is 36.7 Å². The SMILES string of the molecule is COc1ccc(C)cc1N1CC(C(=O)NCCc2nc(C(C)(C)C)cs2)CC1=O. The van der Waals surface area contributed by atoms with Crippen molar-refractivity contribution in [3.05, 3.63) is 39.8 Å². The van der Waals surface area contributed by atoms with Crippen molar-refractivity contribution in [2.45, 2.75) is 46.0 Å². The molecule has 1 saturated heterocycles. The minimum absolute atomic E-state index is 0.0303. The Kier molecular flexibility index (Phi) is 6.27. The summed E-state index contributed by atoms with van der Waals surface area (Å²) in [4.78, 5) is 31.5. The third kappa shape index (κ3) is 4.96. The number of hydrogen-bond donors (Lipinski definition) is 1. The quantitative estimate of drug-likeness (QED) is 0.784. The van der Waals surface area contributed by atoms with Gasteiger partial charge in [-0.15, -0.1) is 11.3 Å². The minimum atomic E-state index is -0.353. The molecular formula is C22H29N3O3S. The lowest BCUT2D eigenvalue weighted by atomic mass is 9.93. The molecule has 1 atom stereocenters. The lowest BCUT2D eigenvalue weighted by Crippen LogP contribution is -2.34. The van der Waals surface area contributed by atoms with Crippen LogP contribution in [-0.2, 0) is 21.4 Å². The van der Waals surface area contributed by atoms with Crippen LogP contribution in [-0.4, -0.2) is 37.0 Å². The van der Waals surface area contributed by atoms with E-state index in [4.69, 9.17) is 4.74 Å². The number of carbonyl (C=O) groups excluding carboxylic acids is 2. The number of thiazole rings is 1. The van der Waals surface area contributed by atoms with E-state index in [1.165, 1.54) is 0 Å². The van der Waals surface area contributed by atoms with Crippen LogP contribution < -0.4 is 15.0 Å². The summed E-state index contributed by atoms with van der Waals surface area (Å²) in [6, 6.07) is 5.72. The number of anilines is 1. The molecule has 156 valence electrons. The molecule has 1 aliphatic rings. The molecular weight excluding hydrogens is 386 g/mol. The van der Waals surface area contributed by atoms with Crippen LogP contribution in [0.4, 0.5) is 5.69 Å². The van der Waals surface area contributed by atoms with Crippen LogP contribution in [0.3, 0.4) is 0 Å². The summed E-state index contributed by atoms with van der Waals surface area (Å²) in [6.07, 6.45) is 0.914. The van der Waals surface area contributed by atoms with E-state index in [2.05, 4.69) is 36.5 Å². The standard InChI is InChI=1S/C22H29N3O3S/c1-14-6-7-17(28-5)16(10-14)25-12-15(11-20(25)26)21(27)23-9-8-19-24-18(13-29-19)22(2,3)4/h6-7,10,13,15H,8-9,11-12H2,1-5H3,(H,23,27). The topological polar surface area (TPSA) is 71.5 Å². The van der Waals surface area contributed by atoms with Crippen molar-refractivity contribution in [1.82, 2.24) is 10.3 Å². The lowest BCUT2D eigenvalue weighted by molar-refractivity contribution is -0.126. The molecule has 0 spiro atoms. The van der Waals surface area contributed by atoms with Gasteiger partial charge in [0.25, 0.3) is 0 Å². The molecule has 1 aromatic carbocycles. The van der Waals surface area contributed by atoms with E-state index in [0.29, 0.717) is 25.3 Å². The Morgan fingerprint density at radius 2 is 2.14 bits per heavy atom. The first-order valence-electron chi connectivity index (χ1n) is 9.86. The number of rotatable bonds is 6. The van der Waals surface area contributed by atoms with Crippen LogP contribution in [0, 0.1) is 12.8 Å². The Morgan fingerprint density at radius 3 is 2.79 bits per heavy atom. The average Bonchev–Trinajstić information content (AvgIpc) is 3.28. The van der Waals surface area contributed by atoms with Gasteiger partial charge in [-0.05, 0) is 24.6 Å². The van der Waals surface area contributed by atoms with Crippen LogP contribution >= 0.6 is 11.3 Å². The normalized spacial score (nSPS) is 16.9. The van der Waals surface area contributed by atoms with Crippen molar-refractivity contribution in [3.8, 4) is 5.75 Å². The zero-order valence-electron chi connectivity index (χ0n) is 17.7. The van der Waals surface area contributed by atoms with Gasteiger partial charge in [0.2, 0.25) is 11.8 Å². The molecule has 7 heteroatoms. The second-order valence-electron chi connectivity index (χ2n) is 8.50. The molecule has 1 aromatic heterocycles. The maximum Gasteiger partial charge on any atom is 0.227 e. The number of aryl methyl sites for hydroxylation is 1. The summed E-state index contributed by atoms with van der Waals surface area (Å²) in [5.41, 5.74) is 2.88. The lowest BCUT2D eigenvalue weighted by Gasteiger charge is -2.20. The zero-order valence-corrected chi connectivity index (χ0v) is 18.6. The van der Waals surface area contributed by atoms with Crippen LogP contribution in [0.1, 0.15) is 43.5 Å². The fraction of sp³-hybridized carbons (Fsp3) is 0.500. The first-order chi connectivity index (χ1) is 13.7. The summed E-state index contributed by atoms with van der Waals surface area (Å²) in [6.45, 7) is 9.28. The van der Waals surface area contributed by atoms with Crippen molar-refractivity contribution < 1.29 is 14.3 Å². The van der Waals surface area contributed by atoms with Gasteiger partial charge in [-0.3, -0.25) is 9.59 Å². The van der Waals surface area contributed by atoms with E-state index in [9.17, 15) is 9.59 Å². The number of carbonyl (C=O) groups is 2. The van der Waals surface area contributed by atoms with E-state index < -0.39 is 0 Å². The molecule has 1 fully saturated rings. The van der Waals surface area contributed by atoms with Gasteiger partial charge in [0.1, 0.15) is 5.75 Å². The van der Waals surface area contributed by atoms with Gasteiger partial charge in [0.05, 0.1) is 29.4 Å². The molecule has 3 rings (SSSR count). The predicted octanol–water partition coefficient (Wildman–Crippen LogP) is 3.47. The van der Waals surface area contributed by atoms with Crippen molar-refractivity contribution in [1.29, 1.82) is 0 Å². The Labute approximate surface area is 176 Å². The number of methoxy groups -OCH3 is 1. The molecule has 0 radical (unpaired) electrons. The average molecular weight is 416 g/mol. The van der Waals surface area contributed by atoms with E-state index in [1.807, 2.05) is 25.1 Å². The highest BCUT2D eigenvalue weighted by Gasteiger charge is 2.36. The highest BCUT2D eigenvalue weighted by atomic mass is 32.1. The molecule has 1 N–H and O–H groups in total. The second-order valence-corrected chi connectivity index (χ2v) is 9.44. The number of amides is 2. The molecule has 2 aromatic rings. The first-order valence-corrected chi connectivity index (χ1v) is 10.7. The van der Waals surface area contributed by atoms with Crippen molar-refractivity contribution in [3.63, 3.8) is 0 Å². The highest BCUT2D eigenvalue weighted by molar-refractivity contribution is 7.09. The smallest absolute Gasteiger partial charge is 0.227 e. The third-order valence-electron chi connectivity index (χ3n) is 5.08. The van der Waals surface area contributed by atoms with Crippen molar-refractivity contribution in [2.24, 2.45) is 5.92 Å². The predicted molar refractivity (Wildman–Crippen MR) is 116 cm³/mol. The molecule has 2 amide bonds. The highest BCUT2D eigenvalue weighted by Crippen LogP contribution is 2.34. The summed E-state index contributed by atoms with van der Waals surface area (Å²) < 4.78 is 5.40. The van der Waals surface area contributed by atoms with Crippen LogP contribution in [0.15, 0.2) is 23.6 Å². The Hall–Kier alpha value is -2.41.